The first kappa shape index (κ1) is 18.7. The quantitative estimate of drug-likeness (QED) is 0.486. The summed E-state index contributed by atoms with van der Waals surface area (Å²) in [5.41, 5.74) is 6.34. The lowest BCUT2D eigenvalue weighted by molar-refractivity contribution is 0.102. The van der Waals surface area contributed by atoms with E-state index in [1.165, 1.54) is 34.2 Å². The maximum Gasteiger partial charge on any atom is 0.210 e. The first-order valence-electron chi connectivity index (χ1n) is 8.32. The monoisotopic (exact) mass is 386 g/mol. The molecule has 0 aliphatic carbocycles. The Morgan fingerprint density at radius 1 is 1.23 bits per heavy atom. The average molecular weight is 387 g/mol. The Morgan fingerprint density at radius 2 is 2.00 bits per heavy atom. The molecule has 0 atom stereocenters. The van der Waals surface area contributed by atoms with E-state index in [2.05, 4.69) is 35.4 Å². The maximum absolute atomic E-state index is 12.5. The van der Waals surface area contributed by atoms with Gasteiger partial charge < -0.3 is 9.88 Å². The number of rotatable bonds is 6. The minimum absolute atomic E-state index is 0.121. The minimum atomic E-state index is 0.121. The second kappa shape index (κ2) is 7.63. The number of anilines is 2. The topological polar surface area (TPSA) is 59.8 Å². The summed E-state index contributed by atoms with van der Waals surface area (Å²) in [4.78, 5) is 12.5. The van der Waals surface area contributed by atoms with E-state index < -0.39 is 0 Å². The Labute approximate surface area is 161 Å². The molecule has 26 heavy (non-hydrogen) atoms. The number of carbonyl (C=O) groups excluding carboxylic acids is 1. The summed E-state index contributed by atoms with van der Waals surface area (Å²) in [5, 5.41) is 12.4. The van der Waals surface area contributed by atoms with Crippen molar-refractivity contribution in [1.29, 1.82) is 0 Å². The van der Waals surface area contributed by atoms with E-state index in [1.807, 2.05) is 43.7 Å². The Bertz CT molecular complexity index is 959. The van der Waals surface area contributed by atoms with Crippen molar-refractivity contribution in [2.75, 3.05) is 11.1 Å². The highest BCUT2D eigenvalue weighted by atomic mass is 32.2. The predicted octanol–water partition coefficient (Wildman–Crippen LogP) is 4.83. The summed E-state index contributed by atoms with van der Waals surface area (Å²) in [6, 6.07) is 8.08. The molecule has 2 aromatic heterocycles. The highest BCUT2D eigenvalue weighted by Crippen LogP contribution is 2.30. The molecule has 0 aliphatic heterocycles. The zero-order valence-corrected chi connectivity index (χ0v) is 17.2. The van der Waals surface area contributed by atoms with Crippen molar-refractivity contribution in [1.82, 2.24) is 14.8 Å². The van der Waals surface area contributed by atoms with E-state index >= 15 is 0 Å². The van der Waals surface area contributed by atoms with Gasteiger partial charge in [0.25, 0.3) is 0 Å². The van der Waals surface area contributed by atoms with Crippen LogP contribution in [0, 0.1) is 27.7 Å². The summed E-state index contributed by atoms with van der Waals surface area (Å²) >= 11 is 2.90. The van der Waals surface area contributed by atoms with Crippen molar-refractivity contribution in [3.63, 3.8) is 0 Å². The molecule has 1 N–H and O–H groups in total. The van der Waals surface area contributed by atoms with Gasteiger partial charge >= 0.3 is 0 Å². The lowest BCUT2D eigenvalue weighted by Gasteiger charge is -2.08. The first-order valence-corrected chi connectivity index (χ1v) is 10.1. The molecule has 7 heteroatoms. The van der Waals surface area contributed by atoms with Crippen molar-refractivity contribution in [3.05, 3.63) is 52.3 Å². The molecule has 0 amide bonds. The Morgan fingerprint density at radius 3 is 2.69 bits per heavy atom. The molecule has 0 saturated heterocycles. The number of carbonyl (C=O) groups is 1. The van der Waals surface area contributed by atoms with Crippen molar-refractivity contribution in [3.8, 4) is 0 Å². The van der Waals surface area contributed by atoms with Gasteiger partial charge in [0, 0.05) is 29.7 Å². The molecule has 136 valence electrons. The van der Waals surface area contributed by atoms with Crippen LogP contribution < -0.4 is 5.32 Å². The average Bonchev–Trinajstić information content (AvgIpc) is 3.17. The van der Waals surface area contributed by atoms with Crippen LogP contribution >= 0.6 is 23.1 Å². The van der Waals surface area contributed by atoms with E-state index in [9.17, 15) is 4.79 Å². The second-order valence-electron chi connectivity index (χ2n) is 6.30. The van der Waals surface area contributed by atoms with Gasteiger partial charge in [-0.05, 0) is 51.0 Å². The fourth-order valence-electron chi connectivity index (χ4n) is 2.66. The molecular formula is C19H22N4OS2. The lowest BCUT2D eigenvalue weighted by atomic mass is 10.1. The van der Waals surface area contributed by atoms with Crippen LogP contribution in [-0.4, -0.2) is 26.3 Å². The molecule has 0 spiro atoms. The Hall–Kier alpha value is -2.12. The number of thioether (sulfide) groups is 1. The lowest BCUT2D eigenvalue weighted by Crippen LogP contribution is -2.04. The van der Waals surface area contributed by atoms with Gasteiger partial charge in [0.2, 0.25) is 5.13 Å². The Kier molecular flexibility index (Phi) is 5.48. The molecule has 0 aliphatic rings. The molecular weight excluding hydrogens is 364 g/mol. The van der Waals surface area contributed by atoms with E-state index in [0.717, 1.165) is 32.1 Å². The number of nitrogens with one attached hydrogen (secondary N) is 1. The van der Waals surface area contributed by atoms with Gasteiger partial charge in [0.05, 0.1) is 5.75 Å². The molecule has 2 heterocycles. The highest BCUT2D eigenvalue weighted by Gasteiger charge is 2.15. The van der Waals surface area contributed by atoms with Crippen LogP contribution in [0.25, 0.3) is 0 Å². The number of hydrogen-bond donors (Lipinski definition) is 1. The zero-order chi connectivity index (χ0) is 18.8. The van der Waals surface area contributed by atoms with Crippen LogP contribution in [0.1, 0.15) is 32.9 Å². The number of benzene rings is 1. The molecule has 0 fully saturated rings. The van der Waals surface area contributed by atoms with Gasteiger partial charge in [-0.3, -0.25) is 4.79 Å². The highest BCUT2D eigenvalue weighted by molar-refractivity contribution is 8.01. The minimum Gasteiger partial charge on any atom is -0.351 e. The number of aromatic nitrogens is 3. The van der Waals surface area contributed by atoms with Crippen LogP contribution in [0.5, 0.6) is 0 Å². The third-order valence-electron chi connectivity index (χ3n) is 4.66. The van der Waals surface area contributed by atoms with E-state index in [0.29, 0.717) is 5.75 Å². The van der Waals surface area contributed by atoms with Crippen LogP contribution in [0.3, 0.4) is 0 Å². The van der Waals surface area contributed by atoms with Gasteiger partial charge in [-0.2, -0.15) is 0 Å². The molecule has 3 rings (SSSR count). The SMILES string of the molecule is Cc1cccc(Nc2nnc(SCC(=O)c3cc(C)n(C)c3C)s2)c1C. The van der Waals surface area contributed by atoms with Crippen LogP contribution in [0.2, 0.25) is 0 Å². The van der Waals surface area contributed by atoms with Crippen LogP contribution in [-0.2, 0) is 7.05 Å². The fraction of sp³-hybridized carbons (Fsp3) is 0.316. The predicted molar refractivity (Wildman–Crippen MR) is 109 cm³/mol. The molecule has 0 saturated carbocycles. The van der Waals surface area contributed by atoms with Gasteiger partial charge in [0.1, 0.15) is 0 Å². The number of hydrogen-bond acceptors (Lipinski definition) is 6. The summed E-state index contributed by atoms with van der Waals surface area (Å²) < 4.78 is 2.83. The van der Waals surface area contributed by atoms with Crippen molar-refractivity contribution < 1.29 is 4.79 Å². The second-order valence-corrected chi connectivity index (χ2v) is 8.50. The molecule has 0 radical (unpaired) electrons. The molecule has 5 nitrogen and oxygen atoms in total. The number of aryl methyl sites for hydroxylation is 2. The van der Waals surface area contributed by atoms with Crippen molar-refractivity contribution in [2.24, 2.45) is 7.05 Å². The molecule has 3 aromatic rings. The standard InChI is InChI=1S/C19H22N4OS2/c1-11-7-6-8-16(13(11)3)20-18-21-22-19(26-18)25-10-17(24)15-9-12(2)23(5)14(15)4/h6-9H,10H2,1-5H3,(H,20,21). The normalized spacial score (nSPS) is 11.0. The molecule has 1 aromatic carbocycles. The Balaban J connectivity index is 1.64. The molecule has 0 bridgehead atoms. The zero-order valence-electron chi connectivity index (χ0n) is 15.6. The summed E-state index contributed by atoms with van der Waals surface area (Å²) in [6.45, 7) is 8.15. The van der Waals surface area contributed by atoms with Gasteiger partial charge in [-0.1, -0.05) is 35.2 Å². The summed E-state index contributed by atoms with van der Waals surface area (Å²) in [7, 11) is 1.98. The van der Waals surface area contributed by atoms with Crippen molar-refractivity contribution in [2.45, 2.75) is 32.0 Å². The van der Waals surface area contributed by atoms with E-state index in [1.54, 1.807) is 0 Å². The van der Waals surface area contributed by atoms with Gasteiger partial charge in [-0.15, -0.1) is 10.2 Å². The number of Topliss-reactive ketones (excluding diaryl/α,β-unsaturated/α-hetero) is 1. The maximum atomic E-state index is 12.5. The van der Waals surface area contributed by atoms with Gasteiger partial charge in [0.15, 0.2) is 10.1 Å². The van der Waals surface area contributed by atoms with Crippen molar-refractivity contribution >= 4 is 39.7 Å². The summed E-state index contributed by atoms with van der Waals surface area (Å²) in [5.74, 6) is 0.484. The number of ketones is 1. The first-order chi connectivity index (χ1) is 12.4. The largest absolute Gasteiger partial charge is 0.351 e. The van der Waals surface area contributed by atoms with Crippen LogP contribution in [0.15, 0.2) is 28.6 Å². The van der Waals surface area contributed by atoms with E-state index in [4.69, 9.17) is 0 Å². The fourth-order valence-corrected chi connectivity index (χ4v) is 4.31. The van der Waals surface area contributed by atoms with E-state index in [-0.39, 0.29) is 5.78 Å². The summed E-state index contributed by atoms with van der Waals surface area (Å²) in [6.07, 6.45) is 0. The van der Waals surface area contributed by atoms with Gasteiger partial charge in [-0.25, -0.2) is 0 Å². The smallest absolute Gasteiger partial charge is 0.210 e. The molecule has 0 unspecified atom stereocenters. The third-order valence-corrected chi connectivity index (χ3v) is 6.63. The van der Waals surface area contributed by atoms with Crippen LogP contribution in [0.4, 0.5) is 10.8 Å². The third kappa shape index (κ3) is 3.83. The number of nitrogens with zero attached hydrogens (tertiary/aromatic N) is 3.